The van der Waals surface area contributed by atoms with E-state index < -0.39 is 0 Å². The van der Waals surface area contributed by atoms with Crippen LogP contribution in [0.1, 0.15) is 11.1 Å². The Hall–Kier alpha value is -0.740. The molecule has 0 fully saturated rings. The number of phenols is 1. The molecule has 0 saturated heterocycles. The van der Waals surface area contributed by atoms with Crippen LogP contribution in [0, 0.1) is 6.92 Å². The normalized spacial score (nSPS) is 10.3. The van der Waals surface area contributed by atoms with E-state index in [0.29, 0.717) is 17.7 Å². The van der Waals surface area contributed by atoms with Gasteiger partial charge >= 0.3 is 0 Å². The van der Waals surface area contributed by atoms with Crippen molar-refractivity contribution >= 4 is 15.9 Å². The highest BCUT2D eigenvalue weighted by Crippen LogP contribution is 2.38. The number of aromatic hydroxyl groups is 1. The van der Waals surface area contributed by atoms with Crippen LogP contribution in [0.3, 0.4) is 0 Å². The van der Waals surface area contributed by atoms with Crippen LogP contribution in [0.15, 0.2) is 10.5 Å². The van der Waals surface area contributed by atoms with Gasteiger partial charge in [-0.1, -0.05) is 15.9 Å². The topological polar surface area (TPSA) is 49.7 Å². The van der Waals surface area contributed by atoms with Crippen LogP contribution in [-0.4, -0.2) is 23.9 Å². The van der Waals surface area contributed by atoms with Crippen LogP contribution >= 0.6 is 15.9 Å². The van der Waals surface area contributed by atoms with Gasteiger partial charge in [-0.15, -0.1) is 0 Å². The molecule has 0 saturated carbocycles. The Morgan fingerprint density at radius 1 is 1.50 bits per heavy atom. The number of hydrogen-bond donors (Lipinski definition) is 2. The fourth-order valence-corrected chi connectivity index (χ4v) is 1.78. The van der Waals surface area contributed by atoms with Crippen molar-refractivity contribution in [2.75, 3.05) is 13.7 Å². The lowest BCUT2D eigenvalue weighted by atomic mass is 10.1. The van der Waals surface area contributed by atoms with Gasteiger partial charge in [0.25, 0.3) is 0 Å². The maximum Gasteiger partial charge on any atom is 0.164 e. The molecule has 2 N–H and O–H groups in total. The number of aliphatic hydroxyl groups excluding tert-OH is 1. The molecular formula is C10H13BrO3. The summed E-state index contributed by atoms with van der Waals surface area (Å²) in [4.78, 5) is 0. The smallest absolute Gasteiger partial charge is 0.164 e. The molecular weight excluding hydrogens is 248 g/mol. The lowest BCUT2D eigenvalue weighted by molar-refractivity contribution is 0.296. The van der Waals surface area contributed by atoms with E-state index in [4.69, 9.17) is 9.84 Å². The zero-order valence-electron chi connectivity index (χ0n) is 8.17. The molecule has 1 aromatic carbocycles. The molecule has 78 valence electrons. The summed E-state index contributed by atoms with van der Waals surface area (Å²) in [7, 11) is 1.51. The largest absolute Gasteiger partial charge is 0.504 e. The van der Waals surface area contributed by atoms with Crippen LogP contribution < -0.4 is 4.74 Å². The summed E-state index contributed by atoms with van der Waals surface area (Å²) in [5.74, 6) is 0.574. The van der Waals surface area contributed by atoms with Crippen LogP contribution in [-0.2, 0) is 6.42 Å². The molecule has 0 aromatic heterocycles. The lowest BCUT2D eigenvalue weighted by Crippen LogP contribution is -1.96. The molecule has 1 rings (SSSR count). The van der Waals surface area contributed by atoms with E-state index in [9.17, 15) is 5.11 Å². The second kappa shape index (κ2) is 4.66. The second-order valence-electron chi connectivity index (χ2n) is 3.00. The van der Waals surface area contributed by atoms with Crippen molar-refractivity contribution in [2.24, 2.45) is 0 Å². The number of benzene rings is 1. The molecule has 3 nitrogen and oxygen atoms in total. The first kappa shape index (κ1) is 11.3. The van der Waals surface area contributed by atoms with Crippen molar-refractivity contribution in [3.63, 3.8) is 0 Å². The molecule has 0 unspecified atom stereocenters. The van der Waals surface area contributed by atoms with Crippen molar-refractivity contribution < 1.29 is 14.9 Å². The quantitative estimate of drug-likeness (QED) is 0.875. The van der Waals surface area contributed by atoms with E-state index in [1.807, 2.05) is 6.92 Å². The Morgan fingerprint density at radius 2 is 2.14 bits per heavy atom. The molecule has 0 spiro atoms. The number of halogens is 1. The molecule has 0 aliphatic carbocycles. The third-order valence-electron chi connectivity index (χ3n) is 2.10. The van der Waals surface area contributed by atoms with Gasteiger partial charge in [0.1, 0.15) is 0 Å². The number of methoxy groups -OCH3 is 1. The van der Waals surface area contributed by atoms with Gasteiger partial charge in [0.15, 0.2) is 11.5 Å². The van der Waals surface area contributed by atoms with Crippen LogP contribution in [0.4, 0.5) is 0 Å². The standard InChI is InChI=1S/C10H13BrO3/c1-6-8(11)5-7(3-4-12)9(13)10(6)14-2/h5,12-13H,3-4H2,1-2H3. The van der Waals surface area contributed by atoms with Gasteiger partial charge in [-0.3, -0.25) is 0 Å². The lowest BCUT2D eigenvalue weighted by Gasteiger charge is -2.12. The Kier molecular flexibility index (Phi) is 3.77. The van der Waals surface area contributed by atoms with Crippen molar-refractivity contribution in [2.45, 2.75) is 13.3 Å². The third kappa shape index (κ3) is 2.01. The Labute approximate surface area is 91.5 Å². The SMILES string of the molecule is COc1c(C)c(Br)cc(CCO)c1O. The van der Waals surface area contributed by atoms with E-state index in [1.165, 1.54) is 7.11 Å². The maximum atomic E-state index is 9.77. The average molecular weight is 261 g/mol. The summed E-state index contributed by atoms with van der Waals surface area (Å²) in [6, 6.07) is 1.80. The highest BCUT2D eigenvalue weighted by atomic mass is 79.9. The number of phenolic OH excluding ortho intramolecular Hbond substituents is 1. The van der Waals surface area contributed by atoms with Crippen molar-refractivity contribution in [1.82, 2.24) is 0 Å². The van der Waals surface area contributed by atoms with E-state index in [2.05, 4.69) is 15.9 Å². The summed E-state index contributed by atoms with van der Waals surface area (Å²) in [6.45, 7) is 1.86. The van der Waals surface area contributed by atoms with E-state index in [1.54, 1.807) is 6.07 Å². The zero-order valence-corrected chi connectivity index (χ0v) is 9.76. The Bertz CT molecular complexity index is 337. The first-order valence-corrected chi connectivity index (χ1v) is 5.07. The first-order chi connectivity index (χ1) is 6.61. The number of rotatable bonds is 3. The molecule has 0 heterocycles. The summed E-state index contributed by atoms with van der Waals surface area (Å²) in [5.41, 5.74) is 1.54. The van der Waals surface area contributed by atoms with E-state index >= 15 is 0 Å². The summed E-state index contributed by atoms with van der Waals surface area (Å²) in [6.07, 6.45) is 0.418. The molecule has 0 atom stereocenters. The summed E-state index contributed by atoms with van der Waals surface area (Å²) < 4.78 is 5.95. The van der Waals surface area contributed by atoms with E-state index in [-0.39, 0.29) is 12.4 Å². The first-order valence-electron chi connectivity index (χ1n) is 4.27. The second-order valence-corrected chi connectivity index (χ2v) is 3.85. The van der Waals surface area contributed by atoms with Crippen molar-refractivity contribution in [3.05, 3.63) is 21.7 Å². The number of ether oxygens (including phenoxy) is 1. The summed E-state index contributed by atoms with van der Waals surface area (Å²) >= 11 is 3.37. The molecule has 1 aromatic rings. The molecule has 0 aliphatic rings. The van der Waals surface area contributed by atoms with Crippen LogP contribution in [0.5, 0.6) is 11.5 Å². The van der Waals surface area contributed by atoms with Crippen molar-refractivity contribution in [1.29, 1.82) is 0 Å². The minimum atomic E-state index is 0.00617. The fraction of sp³-hybridized carbons (Fsp3) is 0.400. The minimum Gasteiger partial charge on any atom is -0.504 e. The predicted molar refractivity (Wildman–Crippen MR) is 57.9 cm³/mol. The third-order valence-corrected chi connectivity index (χ3v) is 2.93. The fourth-order valence-electron chi connectivity index (χ4n) is 1.32. The molecule has 0 radical (unpaired) electrons. The van der Waals surface area contributed by atoms with Gasteiger partial charge in [0.2, 0.25) is 0 Å². The zero-order chi connectivity index (χ0) is 10.7. The molecule has 0 amide bonds. The summed E-state index contributed by atoms with van der Waals surface area (Å²) in [5, 5.41) is 18.6. The Balaban J connectivity index is 3.27. The molecule has 4 heteroatoms. The Morgan fingerprint density at radius 3 is 2.64 bits per heavy atom. The van der Waals surface area contributed by atoms with Gasteiger partial charge in [0.05, 0.1) is 7.11 Å². The average Bonchev–Trinajstić information content (AvgIpc) is 2.16. The van der Waals surface area contributed by atoms with Crippen molar-refractivity contribution in [3.8, 4) is 11.5 Å². The van der Waals surface area contributed by atoms with Crippen LogP contribution in [0.25, 0.3) is 0 Å². The molecule has 0 bridgehead atoms. The molecule has 0 aliphatic heterocycles. The maximum absolute atomic E-state index is 9.77. The predicted octanol–water partition coefficient (Wildman–Crippen LogP) is 2.01. The minimum absolute atomic E-state index is 0.00617. The van der Waals surface area contributed by atoms with Gasteiger partial charge in [-0.05, 0) is 19.4 Å². The monoisotopic (exact) mass is 260 g/mol. The number of aliphatic hydroxyl groups is 1. The highest BCUT2D eigenvalue weighted by Gasteiger charge is 2.13. The van der Waals surface area contributed by atoms with Crippen LogP contribution in [0.2, 0.25) is 0 Å². The van der Waals surface area contributed by atoms with Gasteiger partial charge in [-0.2, -0.15) is 0 Å². The van der Waals surface area contributed by atoms with Gasteiger partial charge in [-0.25, -0.2) is 0 Å². The van der Waals surface area contributed by atoms with Gasteiger partial charge in [0, 0.05) is 22.2 Å². The molecule has 14 heavy (non-hydrogen) atoms. The highest BCUT2D eigenvalue weighted by molar-refractivity contribution is 9.10. The van der Waals surface area contributed by atoms with Gasteiger partial charge < -0.3 is 14.9 Å². The van der Waals surface area contributed by atoms with E-state index in [0.717, 1.165) is 10.0 Å². The number of hydrogen-bond acceptors (Lipinski definition) is 3.